The number of benzene rings is 2. The number of para-hydroxylation sites is 1. The molecule has 0 radical (unpaired) electrons. The van der Waals surface area contributed by atoms with Crippen molar-refractivity contribution in [2.45, 2.75) is 25.3 Å². The molecule has 1 N–H and O–H groups in total. The number of nitrogens with zero attached hydrogens (tertiary/aromatic N) is 3. The Morgan fingerprint density at radius 1 is 1.11 bits per heavy atom. The summed E-state index contributed by atoms with van der Waals surface area (Å²) in [6.45, 7) is 0.509. The van der Waals surface area contributed by atoms with Gasteiger partial charge < -0.3 is 14.8 Å². The third kappa shape index (κ3) is 3.51. The summed E-state index contributed by atoms with van der Waals surface area (Å²) < 4.78 is 16.1. The third-order valence-corrected chi connectivity index (χ3v) is 6.70. The standard InChI is InChI=1S/C28H23FN4O2/c1-32-22-12-6-5-11-21(22)24(17-8-3-2-4-9-17)30-26(28(32)35)31-27(34)23-16-19-15-20(29)14-18-10-7-13-33(23)25(18)19/h2-12,15-16,20,26H,13-14H2,1H3,(H,31,34). The number of hydrogen-bond acceptors (Lipinski definition) is 3. The van der Waals surface area contributed by atoms with Gasteiger partial charge in [0.05, 0.1) is 16.7 Å². The van der Waals surface area contributed by atoms with E-state index in [1.165, 1.54) is 4.90 Å². The van der Waals surface area contributed by atoms with Gasteiger partial charge in [-0.3, -0.25) is 9.59 Å². The van der Waals surface area contributed by atoms with Crippen molar-refractivity contribution in [1.29, 1.82) is 0 Å². The van der Waals surface area contributed by atoms with Gasteiger partial charge >= 0.3 is 0 Å². The first-order valence-electron chi connectivity index (χ1n) is 11.6. The molecule has 3 heterocycles. The van der Waals surface area contributed by atoms with E-state index >= 15 is 0 Å². The molecule has 1 aliphatic carbocycles. The van der Waals surface area contributed by atoms with Crippen LogP contribution in [0, 0.1) is 0 Å². The number of anilines is 1. The summed E-state index contributed by atoms with van der Waals surface area (Å²) in [6, 6.07) is 18.9. The van der Waals surface area contributed by atoms with Crippen molar-refractivity contribution in [1.82, 2.24) is 9.88 Å². The lowest BCUT2D eigenvalue weighted by Crippen LogP contribution is -2.46. The number of likely N-dealkylation sites (N-methyl/N-ethyl adjacent to an activating group) is 1. The molecule has 174 valence electrons. The zero-order chi connectivity index (χ0) is 24.1. The molecule has 3 aliphatic rings. The van der Waals surface area contributed by atoms with Crippen LogP contribution < -0.4 is 20.8 Å². The minimum atomic E-state index is -1.12. The third-order valence-electron chi connectivity index (χ3n) is 6.70. The lowest BCUT2D eigenvalue weighted by molar-refractivity contribution is -0.119. The minimum absolute atomic E-state index is 0.295. The summed E-state index contributed by atoms with van der Waals surface area (Å²) in [4.78, 5) is 33.2. The Labute approximate surface area is 201 Å². The van der Waals surface area contributed by atoms with E-state index < -0.39 is 18.2 Å². The second-order valence-electron chi connectivity index (χ2n) is 8.89. The van der Waals surface area contributed by atoms with Crippen molar-refractivity contribution in [3.8, 4) is 0 Å². The molecule has 2 amide bonds. The Kier molecular flexibility index (Phi) is 4.99. The zero-order valence-electron chi connectivity index (χ0n) is 19.1. The van der Waals surface area contributed by atoms with Gasteiger partial charge in [-0.25, -0.2) is 9.38 Å². The van der Waals surface area contributed by atoms with Crippen molar-refractivity contribution < 1.29 is 14.0 Å². The summed E-state index contributed by atoms with van der Waals surface area (Å²) in [7, 11) is 1.69. The molecule has 1 aromatic heterocycles. The molecular formula is C28H23FN4O2. The van der Waals surface area contributed by atoms with Crippen molar-refractivity contribution in [3.05, 3.63) is 100 Å². The molecule has 0 spiro atoms. The fourth-order valence-electron chi connectivity index (χ4n) is 5.08. The quantitative estimate of drug-likeness (QED) is 0.644. The second-order valence-corrected chi connectivity index (χ2v) is 8.89. The van der Waals surface area contributed by atoms with Crippen LogP contribution >= 0.6 is 0 Å². The van der Waals surface area contributed by atoms with Crippen molar-refractivity contribution in [2.24, 2.45) is 4.99 Å². The molecule has 2 aromatic carbocycles. The number of rotatable bonds is 3. The summed E-state index contributed by atoms with van der Waals surface area (Å²) >= 11 is 0. The number of hydrogen-bond donors (Lipinski definition) is 1. The first-order chi connectivity index (χ1) is 17.0. The molecule has 7 heteroatoms. The summed E-state index contributed by atoms with van der Waals surface area (Å²) in [5, 5.41) is 4.42. The summed E-state index contributed by atoms with van der Waals surface area (Å²) in [5.41, 5.74) is 4.28. The van der Waals surface area contributed by atoms with Gasteiger partial charge in [-0.2, -0.15) is 0 Å². The second kappa shape index (κ2) is 8.20. The van der Waals surface area contributed by atoms with Crippen LogP contribution in [-0.4, -0.2) is 41.5 Å². The number of alkyl halides is 1. The number of fused-ring (bicyclic) bond motifs is 1. The summed E-state index contributed by atoms with van der Waals surface area (Å²) in [6.07, 6.45) is 3.50. The van der Waals surface area contributed by atoms with Gasteiger partial charge in [-0.1, -0.05) is 60.7 Å². The Balaban J connectivity index is 1.43. The van der Waals surface area contributed by atoms with Crippen molar-refractivity contribution in [3.63, 3.8) is 0 Å². The van der Waals surface area contributed by atoms with E-state index in [9.17, 15) is 14.0 Å². The van der Waals surface area contributed by atoms with Gasteiger partial charge in [-0.15, -0.1) is 0 Å². The highest BCUT2D eigenvalue weighted by Crippen LogP contribution is 2.27. The maximum Gasteiger partial charge on any atom is 0.272 e. The number of amides is 2. The highest BCUT2D eigenvalue weighted by Gasteiger charge is 2.32. The van der Waals surface area contributed by atoms with Gasteiger partial charge in [0.2, 0.25) is 6.17 Å². The summed E-state index contributed by atoms with van der Waals surface area (Å²) in [5.74, 6) is -0.763. The molecule has 6 nitrogen and oxygen atoms in total. The van der Waals surface area contributed by atoms with E-state index in [0.29, 0.717) is 29.6 Å². The average Bonchev–Trinajstić information content (AvgIpc) is 3.21. The van der Waals surface area contributed by atoms with E-state index in [0.717, 1.165) is 27.7 Å². The fourth-order valence-corrected chi connectivity index (χ4v) is 5.08. The molecule has 35 heavy (non-hydrogen) atoms. The molecule has 6 rings (SSSR count). The predicted octanol–water partition coefficient (Wildman–Crippen LogP) is 2.30. The van der Waals surface area contributed by atoms with Gasteiger partial charge in [0.15, 0.2) is 0 Å². The fraction of sp³-hybridized carbons (Fsp3) is 0.179. The lowest BCUT2D eigenvalue weighted by atomic mass is 10.0. The van der Waals surface area contributed by atoms with Crippen LogP contribution in [0.25, 0.3) is 11.6 Å². The first kappa shape index (κ1) is 21.3. The lowest BCUT2D eigenvalue weighted by Gasteiger charge is -2.21. The largest absolute Gasteiger partial charge is 0.332 e. The smallest absolute Gasteiger partial charge is 0.272 e. The molecule has 0 bridgehead atoms. The van der Waals surface area contributed by atoms with Gasteiger partial charge in [-0.05, 0) is 29.0 Å². The predicted molar refractivity (Wildman–Crippen MR) is 133 cm³/mol. The highest BCUT2D eigenvalue weighted by molar-refractivity contribution is 6.20. The number of carbonyl (C=O) groups excluding carboxylic acids is 2. The van der Waals surface area contributed by atoms with Crippen LogP contribution in [0.1, 0.15) is 28.0 Å². The highest BCUT2D eigenvalue weighted by atomic mass is 19.1. The molecule has 0 saturated heterocycles. The average molecular weight is 467 g/mol. The number of aromatic nitrogens is 1. The SMILES string of the molecule is CN1C(=O)C(NC(=O)c2cc3c4n2CC=CC=4CC(F)C=3)N=C(c2ccccc2)c2ccccc21. The molecule has 0 fully saturated rings. The van der Waals surface area contributed by atoms with Gasteiger partial charge in [0.1, 0.15) is 11.9 Å². The van der Waals surface area contributed by atoms with E-state index in [1.54, 1.807) is 19.2 Å². The molecular weight excluding hydrogens is 443 g/mol. The Hall–Kier alpha value is -4.26. The molecule has 2 aliphatic heterocycles. The first-order valence-corrected chi connectivity index (χ1v) is 11.6. The Bertz CT molecular complexity index is 1550. The zero-order valence-corrected chi connectivity index (χ0v) is 19.1. The maximum absolute atomic E-state index is 14.2. The van der Waals surface area contributed by atoms with Crippen LogP contribution in [0.4, 0.5) is 10.1 Å². The van der Waals surface area contributed by atoms with Crippen LogP contribution in [-0.2, 0) is 11.3 Å². The normalized spacial score (nSPS) is 20.4. The van der Waals surface area contributed by atoms with E-state index in [1.807, 2.05) is 71.3 Å². The van der Waals surface area contributed by atoms with Crippen LogP contribution in [0.15, 0.2) is 77.8 Å². The van der Waals surface area contributed by atoms with Crippen LogP contribution in [0.3, 0.4) is 0 Å². The number of benzodiazepines with no additional fused rings is 1. The molecule has 2 atom stereocenters. The molecule has 0 saturated carbocycles. The maximum atomic E-state index is 14.2. The van der Waals surface area contributed by atoms with E-state index in [4.69, 9.17) is 4.99 Å². The number of halogens is 1. The minimum Gasteiger partial charge on any atom is -0.332 e. The number of aliphatic imine (C=N–C) groups is 1. The monoisotopic (exact) mass is 466 g/mol. The Morgan fingerprint density at radius 2 is 1.89 bits per heavy atom. The van der Waals surface area contributed by atoms with Gasteiger partial charge in [0.25, 0.3) is 11.8 Å². The topological polar surface area (TPSA) is 66.7 Å². The molecule has 2 unspecified atom stereocenters. The Morgan fingerprint density at radius 3 is 2.71 bits per heavy atom. The van der Waals surface area contributed by atoms with Gasteiger partial charge in [0, 0.05) is 31.1 Å². The number of allylic oxidation sites excluding steroid dienone is 2. The van der Waals surface area contributed by atoms with E-state index in [2.05, 4.69) is 5.32 Å². The van der Waals surface area contributed by atoms with E-state index in [-0.39, 0.29) is 5.91 Å². The van der Waals surface area contributed by atoms with Crippen LogP contribution in [0.5, 0.6) is 0 Å². The van der Waals surface area contributed by atoms with Crippen LogP contribution in [0.2, 0.25) is 0 Å². The molecule has 3 aromatic rings. The van der Waals surface area contributed by atoms with Crippen molar-refractivity contribution >= 4 is 34.9 Å². The number of nitrogens with one attached hydrogen (secondary N) is 1. The van der Waals surface area contributed by atoms with Crippen molar-refractivity contribution in [2.75, 3.05) is 11.9 Å². The number of carbonyl (C=O) groups is 2.